The van der Waals surface area contributed by atoms with Crippen LogP contribution in [0.1, 0.15) is 15.9 Å². The Hall–Kier alpha value is -2.94. The van der Waals surface area contributed by atoms with Crippen molar-refractivity contribution in [3.8, 4) is 0 Å². The van der Waals surface area contributed by atoms with Crippen LogP contribution in [0, 0.1) is 18.6 Å². The summed E-state index contributed by atoms with van der Waals surface area (Å²) >= 11 is 0. The number of nitrogens with one attached hydrogen (secondary N) is 2. The molecule has 0 unspecified atom stereocenters. The zero-order chi connectivity index (χ0) is 19.4. The highest BCUT2D eigenvalue weighted by Crippen LogP contribution is 2.24. The second kappa shape index (κ2) is 7.96. The molecule has 1 amide bonds. The van der Waals surface area contributed by atoms with Crippen molar-refractivity contribution in [3.05, 3.63) is 41.1 Å². The number of carbonyl (C=O) groups excluding carboxylic acids is 1. The van der Waals surface area contributed by atoms with Gasteiger partial charge in [0.2, 0.25) is 0 Å². The lowest BCUT2D eigenvalue weighted by molar-refractivity contribution is -0.144. The number of aliphatic carboxylic acids is 1. The lowest BCUT2D eigenvalue weighted by atomic mass is 9.91. The van der Waals surface area contributed by atoms with E-state index in [-0.39, 0.29) is 16.8 Å². The third-order valence-electron chi connectivity index (χ3n) is 3.45. The van der Waals surface area contributed by atoms with Crippen molar-refractivity contribution in [1.29, 1.82) is 0 Å². The number of hydrogen-bond donors (Lipinski definition) is 3. The fourth-order valence-electron chi connectivity index (χ4n) is 2.24. The predicted octanol–water partition coefficient (Wildman–Crippen LogP) is -1.33. The number of anilines is 2. The first-order chi connectivity index (χ1) is 12.2. The molecule has 0 aliphatic rings. The quantitative estimate of drug-likeness (QED) is 0.436. The van der Waals surface area contributed by atoms with Gasteiger partial charge in [-0.1, -0.05) is 12.1 Å². The topological polar surface area (TPSA) is 101 Å². The van der Waals surface area contributed by atoms with Crippen molar-refractivity contribution in [2.24, 2.45) is 0 Å². The molecule has 0 saturated heterocycles. The van der Waals surface area contributed by atoms with Crippen LogP contribution < -0.4 is 21.7 Å². The molecule has 7 nitrogen and oxygen atoms in total. The fraction of sp³-hybridized carbons (Fsp3) is 0.133. The maximum atomic E-state index is 14.5. The van der Waals surface area contributed by atoms with E-state index >= 15 is 0 Å². The maximum Gasteiger partial charge on any atom is 0.332 e. The maximum absolute atomic E-state index is 14.5. The molecule has 0 atom stereocenters. The Morgan fingerprint density at radius 2 is 1.92 bits per heavy atom. The summed E-state index contributed by atoms with van der Waals surface area (Å²) in [5.41, 5.74) is 2.65. The number of hydroxylamine groups is 1. The minimum atomic E-state index is -1.30. The molecule has 1 aromatic heterocycles. The summed E-state index contributed by atoms with van der Waals surface area (Å²) in [6.45, 7) is 1.05. The van der Waals surface area contributed by atoms with Crippen molar-refractivity contribution in [2.45, 2.75) is 6.92 Å². The number of benzene rings is 1. The second-order valence-corrected chi connectivity index (χ2v) is 5.66. The molecule has 1 heterocycles. The third-order valence-corrected chi connectivity index (χ3v) is 3.45. The van der Waals surface area contributed by atoms with E-state index < -0.39 is 35.8 Å². The van der Waals surface area contributed by atoms with Gasteiger partial charge >= 0.3 is 5.97 Å². The summed E-state index contributed by atoms with van der Waals surface area (Å²) in [6.07, 6.45) is 1.54. The summed E-state index contributed by atoms with van der Waals surface area (Å²) in [6, 6.07) is 2.91. The van der Waals surface area contributed by atoms with Gasteiger partial charge in [-0.15, -0.1) is 0 Å². The van der Waals surface area contributed by atoms with Gasteiger partial charge in [-0.3, -0.25) is 9.63 Å². The fourth-order valence-corrected chi connectivity index (χ4v) is 2.24. The average Bonchev–Trinajstić information content (AvgIpc) is 2.56. The van der Waals surface area contributed by atoms with Gasteiger partial charge in [0.05, 0.1) is 11.3 Å². The molecule has 2 rings (SSSR count). The number of rotatable bonds is 6. The molecule has 0 radical (unpaired) electrons. The summed E-state index contributed by atoms with van der Waals surface area (Å²) in [5.74, 6) is -4.35. The molecular formula is C15H15B2F2N3O4. The van der Waals surface area contributed by atoms with Gasteiger partial charge in [0.1, 0.15) is 21.5 Å². The number of carboxylic acid groups (broad SMARTS) is 1. The van der Waals surface area contributed by atoms with Crippen molar-refractivity contribution >= 4 is 50.0 Å². The lowest BCUT2D eigenvalue weighted by Crippen LogP contribution is -2.29. The Labute approximate surface area is 149 Å². The van der Waals surface area contributed by atoms with Crippen LogP contribution in [0.4, 0.5) is 20.3 Å². The standard InChI is InChI=1S/C15H15B2F2N3O4/c1-6-2-9(17)14(20-4-6)21-13-7(3-8(16)11(18)12(13)19)15(25)22-26-5-10(23)24/h2-4H,5,16-17H2,1H3,(H,20,21)(H,22,25)(H,23,24). The first kappa shape index (κ1) is 19.4. The normalized spacial score (nSPS) is 10.4. The number of carboxylic acids is 1. The smallest absolute Gasteiger partial charge is 0.332 e. The first-order valence-corrected chi connectivity index (χ1v) is 7.53. The molecule has 0 aliphatic heterocycles. The molecule has 2 aromatic rings. The minimum Gasteiger partial charge on any atom is -0.479 e. The summed E-state index contributed by atoms with van der Waals surface area (Å²) in [7, 11) is 3.02. The van der Waals surface area contributed by atoms with E-state index in [0.29, 0.717) is 5.46 Å². The zero-order valence-electron chi connectivity index (χ0n) is 14.3. The molecule has 134 valence electrons. The Bertz CT molecular complexity index is 880. The number of aromatic nitrogens is 1. The van der Waals surface area contributed by atoms with E-state index in [2.05, 4.69) is 15.1 Å². The van der Waals surface area contributed by atoms with E-state index in [1.54, 1.807) is 13.9 Å². The Balaban J connectivity index is 2.41. The van der Waals surface area contributed by atoms with Crippen molar-refractivity contribution in [2.75, 3.05) is 11.9 Å². The van der Waals surface area contributed by atoms with Crippen molar-refractivity contribution in [3.63, 3.8) is 0 Å². The highest BCUT2D eigenvalue weighted by atomic mass is 19.2. The van der Waals surface area contributed by atoms with Crippen molar-refractivity contribution < 1.29 is 28.3 Å². The number of carbonyl (C=O) groups is 2. The number of nitrogens with zero attached hydrogens (tertiary/aromatic N) is 1. The second-order valence-electron chi connectivity index (χ2n) is 5.66. The van der Waals surface area contributed by atoms with Gasteiger partial charge in [-0.2, -0.15) is 0 Å². The molecule has 3 N–H and O–H groups in total. The number of halogens is 2. The number of pyridine rings is 1. The lowest BCUT2D eigenvalue weighted by Gasteiger charge is -2.16. The van der Waals surface area contributed by atoms with E-state index in [1.165, 1.54) is 14.0 Å². The molecule has 0 fully saturated rings. The number of aryl methyl sites for hydroxylation is 1. The van der Waals surface area contributed by atoms with Crippen LogP contribution >= 0.6 is 0 Å². The Kier molecular flexibility index (Phi) is 5.93. The van der Waals surface area contributed by atoms with Gasteiger partial charge in [0.15, 0.2) is 18.2 Å². The first-order valence-electron chi connectivity index (χ1n) is 7.53. The van der Waals surface area contributed by atoms with E-state index in [1.807, 2.05) is 12.4 Å². The monoisotopic (exact) mass is 361 g/mol. The largest absolute Gasteiger partial charge is 0.479 e. The predicted molar refractivity (Wildman–Crippen MR) is 96.0 cm³/mol. The van der Waals surface area contributed by atoms with Crippen LogP contribution in [0.15, 0.2) is 18.3 Å². The summed E-state index contributed by atoms with van der Waals surface area (Å²) < 4.78 is 28.4. The number of hydrogen-bond acceptors (Lipinski definition) is 5. The van der Waals surface area contributed by atoms with E-state index in [4.69, 9.17) is 5.11 Å². The number of amides is 1. The summed E-state index contributed by atoms with van der Waals surface area (Å²) in [4.78, 5) is 31.3. The van der Waals surface area contributed by atoms with E-state index in [9.17, 15) is 18.4 Å². The molecular weight excluding hydrogens is 346 g/mol. The molecule has 1 aromatic carbocycles. The van der Waals surface area contributed by atoms with Crippen LogP contribution in [0.25, 0.3) is 0 Å². The Morgan fingerprint density at radius 1 is 1.23 bits per heavy atom. The average molecular weight is 361 g/mol. The molecule has 0 spiro atoms. The molecule has 11 heteroatoms. The summed E-state index contributed by atoms with van der Waals surface area (Å²) in [5, 5.41) is 11.1. The molecule has 0 bridgehead atoms. The Morgan fingerprint density at radius 3 is 2.54 bits per heavy atom. The van der Waals surface area contributed by atoms with Gasteiger partial charge in [0.25, 0.3) is 5.91 Å². The minimum absolute atomic E-state index is 0.0926. The van der Waals surface area contributed by atoms with Gasteiger partial charge < -0.3 is 10.4 Å². The van der Waals surface area contributed by atoms with Crippen LogP contribution in [0.5, 0.6) is 0 Å². The van der Waals surface area contributed by atoms with Crippen LogP contribution in [0.2, 0.25) is 0 Å². The van der Waals surface area contributed by atoms with Crippen LogP contribution in [-0.2, 0) is 9.63 Å². The highest BCUT2D eigenvalue weighted by Gasteiger charge is 2.22. The zero-order valence-corrected chi connectivity index (χ0v) is 14.3. The van der Waals surface area contributed by atoms with Crippen molar-refractivity contribution in [1.82, 2.24) is 10.5 Å². The molecule has 26 heavy (non-hydrogen) atoms. The van der Waals surface area contributed by atoms with Gasteiger partial charge in [-0.05, 0) is 23.4 Å². The van der Waals surface area contributed by atoms with Crippen LogP contribution in [0.3, 0.4) is 0 Å². The van der Waals surface area contributed by atoms with E-state index in [0.717, 1.165) is 11.6 Å². The highest BCUT2D eigenvalue weighted by molar-refractivity contribution is 6.36. The molecule has 0 aliphatic carbocycles. The third kappa shape index (κ3) is 4.37. The van der Waals surface area contributed by atoms with Gasteiger partial charge in [-0.25, -0.2) is 24.0 Å². The van der Waals surface area contributed by atoms with Gasteiger partial charge in [0, 0.05) is 6.20 Å². The molecule has 0 saturated carbocycles. The SMILES string of the molecule is Bc1cc(C)cnc1Nc1c(C(=O)NOCC(=O)O)cc(B)c(F)c1F. The van der Waals surface area contributed by atoms with Crippen LogP contribution in [-0.4, -0.2) is 44.3 Å².